The highest BCUT2D eigenvalue weighted by molar-refractivity contribution is 6.14. The van der Waals surface area contributed by atoms with Crippen LogP contribution in [0.15, 0.2) is 58.6 Å². The van der Waals surface area contributed by atoms with Crippen molar-refractivity contribution in [3.63, 3.8) is 0 Å². The minimum atomic E-state index is -0.828. The lowest BCUT2D eigenvalue weighted by atomic mass is 9.80. The number of nitrogens with one attached hydrogen (secondary N) is 2. The van der Waals surface area contributed by atoms with Gasteiger partial charge in [0.05, 0.1) is 44.5 Å². The van der Waals surface area contributed by atoms with Gasteiger partial charge in [0.2, 0.25) is 0 Å². The monoisotopic (exact) mass is 486 g/mol. The number of rotatable bonds is 9. The first kappa shape index (κ1) is 27.2. The molecule has 0 radical (unpaired) electrons. The van der Waals surface area contributed by atoms with E-state index in [0.717, 1.165) is 0 Å². The van der Waals surface area contributed by atoms with Gasteiger partial charge in [0.25, 0.3) is 0 Å². The third kappa shape index (κ3) is 6.28. The molecular weight excluding hydrogens is 456 g/mol. The smallest absolute Gasteiger partial charge is 0.347 e. The van der Waals surface area contributed by atoms with E-state index in [1.165, 1.54) is 20.4 Å². The summed E-state index contributed by atoms with van der Waals surface area (Å²) in [6, 6.07) is 6.83. The van der Waals surface area contributed by atoms with E-state index >= 15 is 0 Å². The summed E-state index contributed by atoms with van der Waals surface area (Å²) in [6.45, 7) is 6.85. The molecule has 0 fully saturated rings. The van der Waals surface area contributed by atoms with Crippen LogP contribution >= 0.6 is 0 Å². The highest BCUT2D eigenvalue weighted by atomic mass is 16.6. The Balaban J connectivity index is 2.55. The zero-order valence-electron chi connectivity index (χ0n) is 20.6. The van der Waals surface area contributed by atoms with Crippen molar-refractivity contribution in [2.24, 2.45) is 0 Å². The quantitative estimate of drug-likeness (QED) is 0.177. The minimum absolute atomic E-state index is 0.0881. The van der Waals surface area contributed by atoms with Crippen molar-refractivity contribution in [3.05, 3.63) is 64.1 Å². The second-order valence-electron chi connectivity index (χ2n) is 7.39. The Kier molecular flexibility index (Phi) is 9.63. The van der Waals surface area contributed by atoms with Crippen molar-refractivity contribution in [2.75, 3.05) is 32.8 Å². The Labute approximate surface area is 203 Å². The van der Waals surface area contributed by atoms with E-state index in [0.29, 0.717) is 22.6 Å². The predicted molar refractivity (Wildman–Crippen MR) is 127 cm³/mol. The molecule has 2 N–H and O–H groups in total. The lowest BCUT2D eigenvalue weighted by molar-refractivity contribution is -0.146. The van der Waals surface area contributed by atoms with Crippen molar-refractivity contribution in [2.45, 2.75) is 33.6 Å². The van der Waals surface area contributed by atoms with Crippen LogP contribution < -0.4 is 10.6 Å². The molecule has 0 spiro atoms. The lowest BCUT2D eigenvalue weighted by Gasteiger charge is -2.30. The summed E-state index contributed by atoms with van der Waals surface area (Å²) in [6.07, 6.45) is 1.20. The number of hydrogen-bond donors (Lipinski definition) is 2. The van der Waals surface area contributed by atoms with Gasteiger partial charge in [0.1, 0.15) is 0 Å². The van der Waals surface area contributed by atoms with E-state index in [1.54, 1.807) is 52.0 Å². The van der Waals surface area contributed by atoms with E-state index in [9.17, 15) is 19.2 Å². The molecule has 35 heavy (non-hydrogen) atoms. The van der Waals surface area contributed by atoms with Crippen molar-refractivity contribution < 1.29 is 38.1 Å². The molecule has 2 rings (SSSR count). The van der Waals surface area contributed by atoms with Gasteiger partial charge in [0, 0.05) is 23.3 Å². The van der Waals surface area contributed by atoms with Gasteiger partial charge in [0.15, 0.2) is 5.57 Å². The summed E-state index contributed by atoms with van der Waals surface area (Å²) in [7, 11) is 2.52. The van der Waals surface area contributed by atoms with E-state index in [-0.39, 0.29) is 29.9 Å². The van der Waals surface area contributed by atoms with Crippen LogP contribution in [0.3, 0.4) is 0 Å². The minimum Gasteiger partial charge on any atom is -0.466 e. The van der Waals surface area contributed by atoms with E-state index < -0.39 is 29.8 Å². The fraction of sp³-hybridized carbons (Fsp3) is 0.360. The van der Waals surface area contributed by atoms with E-state index in [1.807, 2.05) is 0 Å². The van der Waals surface area contributed by atoms with Gasteiger partial charge < -0.3 is 29.6 Å². The molecule has 0 amide bonds. The second kappa shape index (κ2) is 12.4. The number of allylic oxidation sites excluding steroid dienone is 2. The first-order chi connectivity index (χ1) is 16.7. The van der Waals surface area contributed by atoms with Gasteiger partial charge in [-0.15, -0.1) is 0 Å². The van der Waals surface area contributed by atoms with Crippen LogP contribution in [0.2, 0.25) is 0 Å². The highest BCUT2D eigenvalue weighted by Crippen LogP contribution is 2.39. The first-order valence-corrected chi connectivity index (χ1v) is 11.0. The number of esters is 4. The van der Waals surface area contributed by atoms with Gasteiger partial charge in [-0.3, -0.25) is 0 Å². The van der Waals surface area contributed by atoms with Gasteiger partial charge in [-0.1, -0.05) is 12.1 Å². The van der Waals surface area contributed by atoms with Crippen LogP contribution in [-0.4, -0.2) is 51.3 Å². The maximum Gasteiger partial charge on any atom is 0.347 e. The zero-order chi connectivity index (χ0) is 26.1. The lowest BCUT2D eigenvalue weighted by Crippen LogP contribution is -2.32. The summed E-state index contributed by atoms with van der Waals surface area (Å²) in [5.41, 5.74) is 2.34. The standard InChI is InChI=1S/C25H30N2O8/c1-7-34-22(28)18(23(29)35-8-2)13-26-17-11-9-10-16(12-17)21-19(24(30)32-5)14(3)27-15(4)20(21)25(31)33-6/h9-13,21,26-27H,7-8H2,1-6H3. The third-order valence-corrected chi connectivity index (χ3v) is 5.16. The number of anilines is 1. The summed E-state index contributed by atoms with van der Waals surface area (Å²) >= 11 is 0. The molecule has 0 saturated heterocycles. The van der Waals surface area contributed by atoms with Crippen molar-refractivity contribution in [1.82, 2.24) is 5.32 Å². The Morgan fingerprint density at radius 3 is 1.89 bits per heavy atom. The van der Waals surface area contributed by atoms with E-state index in [4.69, 9.17) is 18.9 Å². The number of dihydropyridines is 1. The Bertz CT molecular complexity index is 1040. The molecule has 1 aliphatic rings. The molecule has 0 unspecified atom stereocenters. The Hall–Kier alpha value is -4.08. The topological polar surface area (TPSA) is 129 Å². The molecular formula is C25H30N2O8. The average molecular weight is 487 g/mol. The molecule has 0 bridgehead atoms. The molecule has 1 aliphatic heterocycles. The van der Waals surface area contributed by atoms with Gasteiger partial charge in [-0.25, -0.2) is 19.2 Å². The summed E-state index contributed by atoms with van der Waals surface area (Å²) in [5.74, 6) is -3.63. The summed E-state index contributed by atoms with van der Waals surface area (Å²) < 4.78 is 19.8. The molecule has 0 aromatic heterocycles. The van der Waals surface area contributed by atoms with E-state index in [2.05, 4.69) is 10.6 Å². The fourth-order valence-electron chi connectivity index (χ4n) is 3.67. The first-order valence-electron chi connectivity index (χ1n) is 11.0. The number of ether oxygens (including phenoxy) is 4. The predicted octanol–water partition coefficient (Wildman–Crippen LogP) is 2.69. The molecule has 10 nitrogen and oxygen atoms in total. The summed E-state index contributed by atoms with van der Waals surface area (Å²) in [5, 5.41) is 5.94. The average Bonchev–Trinajstić information content (AvgIpc) is 2.83. The van der Waals surface area contributed by atoms with Crippen LogP contribution in [0.5, 0.6) is 0 Å². The van der Waals surface area contributed by atoms with Crippen LogP contribution in [0.1, 0.15) is 39.2 Å². The molecule has 1 aromatic carbocycles. The number of benzene rings is 1. The van der Waals surface area contributed by atoms with Crippen molar-refractivity contribution in [1.29, 1.82) is 0 Å². The van der Waals surface area contributed by atoms with Gasteiger partial charge >= 0.3 is 23.9 Å². The maximum absolute atomic E-state index is 12.7. The number of methoxy groups -OCH3 is 2. The van der Waals surface area contributed by atoms with Crippen LogP contribution in [0.4, 0.5) is 5.69 Å². The molecule has 0 saturated carbocycles. The second-order valence-corrected chi connectivity index (χ2v) is 7.39. The molecule has 1 aromatic rings. The molecule has 188 valence electrons. The number of carbonyl (C=O) groups is 4. The fourth-order valence-corrected chi connectivity index (χ4v) is 3.67. The number of carbonyl (C=O) groups excluding carboxylic acids is 4. The summed E-state index contributed by atoms with van der Waals surface area (Å²) in [4.78, 5) is 49.8. The molecule has 10 heteroatoms. The molecule has 1 heterocycles. The number of hydrogen-bond acceptors (Lipinski definition) is 10. The van der Waals surface area contributed by atoms with Crippen LogP contribution in [0, 0.1) is 0 Å². The van der Waals surface area contributed by atoms with Crippen LogP contribution in [0.25, 0.3) is 0 Å². The molecule has 0 aliphatic carbocycles. The maximum atomic E-state index is 12.7. The van der Waals surface area contributed by atoms with Crippen molar-refractivity contribution >= 4 is 29.6 Å². The van der Waals surface area contributed by atoms with Crippen molar-refractivity contribution in [3.8, 4) is 0 Å². The zero-order valence-corrected chi connectivity index (χ0v) is 20.6. The highest BCUT2D eigenvalue weighted by Gasteiger charge is 2.37. The van der Waals surface area contributed by atoms with Crippen LogP contribution in [-0.2, 0) is 38.1 Å². The Morgan fingerprint density at radius 1 is 0.914 bits per heavy atom. The van der Waals surface area contributed by atoms with Gasteiger partial charge in [-0.2, -0.15) is 0 Å². The third-order valence-electron chi connectivity index (χ3n) is 5.16. The largest absolute Gasteiger partial charge is 0.466 e. The normalized spacial score (nSPS) is 13.4. The Morgan fingerprint density at radius 2 is 1.43 bits per heavy atom. The molecule has 0 atom stereocenters. The van der Waals surface area contributed by atoms with Gasteiger partial charge in [-0.05, 0) is 45.4 Å². The SMILES string of the molecule is CCOC(=O)C(=CNc1cccc(C2C(C(=O)OC)=C(C)NC(C)=C2C(=O)OC)c1)C(=O)OCC.